The summed E-state index contributed by atoms with van der Waals surface area (Å²) in [7, 11) is 0. The molecule has 0 bridgehead atoms. The van der Waals surface area contributed by atoms with Gasteiger partial charge in [0, 0.05) is 11.8 Å². The molecule has 2 rings (SSSR count). The molecule has 0 saturated heterocycles. The van der Waals surface area contributed by atoms with Gasteiger partial charge in [-0.3, -0.25) is 4.98 Å². The molecule has 2 heterocycles. The van der Waals surface area contributed by atoms with E-state index >= 15 is 0 Å². The number of pyridine rings is 1. The number of allylic oxidation sites excluding steroid dienone is 1. The van der Waals surface area contributed by atoms with E-state index in [2.05, 4.69) is 24.1 Å². The highest BCUT2D eigenvalue weighted by molar-refractivity contribution is 5.43. The molecular formula is C14H19NO3. The molecule has 4 nitrogen and oxygen atoms in total. The van der Waals surface area contributed by atoms with Gasteiger partial charge in [-0.15, -0.1) is 0 Å². The van der Waals surface area contributed by atoms with Crippen molar-refractivity contribution in [3.8, 4) is 5.75 Å². The van der Waals surface area contributed by atoms with Crippen LogP contribution in [0.4, 0.5) is 0 Å². The van der Waals surface area contributed by atoms with Crippen LogP contribution in [0.15, 0.2) is 18.3 Å². The van der Waals surface area contributed by atoms with Crippen molar-refractivity contribution >= 4 is 0 Å². The summed E-state index contributed by atoms with van der Waals surface area (Å²) >= 11 is 0. The van der Waals surface area contributed by atoms with Gasteiger partial charge < -0.3 is 14.6 Å². The molecule has 18 heavy (non-hydrogen) atoms. The lowest BCUT2D eigenvalue weighted by molar-refractivity contribution is -0.137. The number of rotatable bonds is 5. The maximum Gasteiger partial charge on any atom is 0.188 e. The molecule has 1 N–H and O–H groups in total. The zero-order valence-corrected chi connectivity index (χ0v) is 10.8. The quantitative estimate of drug-likeness (QED) is 0.643. The number of aryl methyl sites for hydroxylation is 1. The van der Waals surface area contributed by atoms with Crippen LogP contribution in [0.5, 0.6) is 5.75 Å². The van der Waals surface area contributed by atoms with E-state index in [1.54, 1.807) is 13.1 Å². The average molecular weight is 249 g/mol. The Morgan fingerprint density at radius 2 is 2.39 bits per heavy atom. The third-order valence-electron chi connectivity index (χ3n) is 2.94. The Morgan fingerprint density at radius 1 is 1.56 bits per heavy atom. The molecule has 0 saturated carbocycles. The van der Waals surface area contributed by atoms with Crippen molar-refractivity contribution in [3.05, 3.63) is 35.2 Å². The van der Waals surface area contributed by atoms with E-state index in [9.17, 15) is 5.11 Å². The van der Waals surface area contributed by atoms with Crippen molar-refractivity contribution < 1.29 is 14.6 Å². The summed E-state index contributed by atoms with van der Waals surface area (Å²) in [5.74, 6) is 0.194. The highest BCUT2D eigenvalue weighted by Crippen LogP contribution is 2.38. The molecule has 1 unspecified atom stereocenters. The van der Waals surface area contributed by atoms with E-state index in [4.69, 9.17) is 9.47 Å². The molecule has 0 fully saturated rings. The Labute approximate surface area is 107 Å². The molecule has 1 atom stereocenters. The van der Waals surface area contributed by atoms with Crippen LogP contribution in [-0.2, 0) is 16.1 Å². The van der Waals surface area contributed by atoms with Crippen LogP contribution in [0.25, 0.3) is 0 Å². The van der Waals surface area contributed by atoms with E-state index in [0.717, 1.165) is 24.0 Å². The maximum atomic E-state index is 9.99. The molecule has 0 spiro atoms. The predicted octanol–water partition coefficient (Wildman–Crippen LogP) is 3.00. The van der Waals surface area contributed by atoms with E-state index in [1.807, 2.05) is 0 Å². The fraction of sp³-hybridized carbons (Fsp3) is 0.500. The van der Waals surface area contributed by atoms with E-state index in [0.29, 0.717) is 18.9 Å². The molecule has 1 aliphatic heterocycles. The van der Waals surface area contributed by atoms with Crippen molar-refractivity contribution in [2.45, 2.75) is 39.6 Å². The van der Waals surface area contributed by atoms with Gasteiger partial charge in [-0.2, -0.15) is 0 Å². The lowest BCUT2D eigenvalue weighted by atomic mass is 10.1. The maximum absolute atomic E-state index is 9.99. The Balaban J connectivity index is 1.98. The van der Waals surface area contributed by atoms with Crippen molar-refractivity contribution in [2.75, 3.05) is 6.61 Å². The Kier molecular flexibility index (Phi) is 4.33. The number of hydrogen-bond donors (Lipinski definition) is 1. The van der Waals surface area contributed by atoms with E-state index in [1.165, 1.54) is 0 Å². The summed E-state index contributed by atoms with van der Waals surface area (Å²) in [6.07, 6.45) is 7.37. The SMILES string of the molecule is CC/C=C/CCOC1OCc2cnc(C)c(O)c21. The first-order valence-corrected chi connectivity index (χ1v) is 6.29. The summed E-state index contributed by atoms with van der Waals surface area (Å²) in [6, 6.07) is 0. The number of aromatic nitrogens is 1. The standard InChI is InChI=1S/C14H19NO3/c1-3-4-5-6-7-17-14-12-11(9-18-14)8-15-10(2)13(12)16/h4-5,8,14,16H,3,6-7,9H2,1-2H3/b5-4+. The van der Waals surface area contributed by atoms with Gasteiger partial charge >= 0.3 is 0 Å². The van der Waals surface area contributed by atoms with Gasteiger partial charge in [0.05, 0.1) is 24.5 Å². The normalized spacial score (nSPS) is 18.4. The predicted molar refractivity (Wildman–Crippen MR) is 68.2 cm³/mol. The molecule has 0 aromatic carbocycles. The monoisotopic (exact) mass is 249 g/mol. The second-order valence-electron chi connectivity index (χ2n) is 4.31. The highest BCUT2D eigenvalue weighted by Gasteiger charge is 2.28. The van der Waals surface area contributed by atoms with Gasteiger partial charge in [-0.1, -0.05) is 19.1 Å². The number of aromatic hydroxyl groups is 1. The first-order valence-electron chi connectivity index (χ1n) is 6.29. The van der Waals surface area contributed by atoms with Crippen LogP contribution in [0.3, 0.4) is 0 Å². The topological polar surface area (TPSA) is 51.6 Å². The summed E-state index contributed by atoms with van der Waals surface area (Å²) in [4.78, 5) is 4.11. The highest BCUT2D eigenvalue weighted by atomic mass is 16.7. The first-order chi connectivity index (χ1) is 8.74. The van der Waals surface area contributed by atoms with Crippen LogP contribution < -0.4 is 0 Å². The van der Waals surface area contributed by atoms with Gasteiger partial charge in [-0.05, 0) is 19.8 Å². The fourth-order valence-electron chi connectivity index (χ4n) is 1.94. The van der Waals surface area contributed by atoms with Gasteiger partial charge in [0.1, 0.15) is 5.75 Å². The minimum atomic E-state index is -0.461. The summed E-state index contributed by atoms with van der Waals surface area (Å²) in [6.45, 7) is 4.91. The van der Waals surface area contributed by atoms with Crippen LogP contribution in [0, 0.1) is 6.92 Å². The minimum absolute atomic E-state index is 0.194. The largest absolute Gasteiger partial charge is 0.506 e. The summed E-state index contributed by atoms with van der Waals surface area (Å²) in [5.41, 5.74) is 2.26. The van der Waals surface area contributed by atoms with Crippen LogP contribution in [0.1, 0.15) is 42.9 Å². The first kappa shape index (κ1) is 13.1. The molecule has 0 aliphatic carbocycles. The third kappa shape index (κ3) is 2.71. The van der Waals surface area contributed by atoms with Gasteiger partial charge in [0.15, 0.2) is 6.29 Å². The molecule has 4 heteroatoms. The van der Waals surface area contributed by atoms with Gasteiger partial charge in [-0.25, -0.2) is 0 Å². The number of hydrogen-bond acceptors (Lipinski definition) is 4. The average Bonchev–Trinajstić information content (AvgIpc) is 2.78. The number of nitrogens with zero attached hydrogens (tertiary/aromatic N) is 1. The number of fused-ring (bicyclic) bond motifs is 1. The van der Waals surface area contributed by atoms with E-state index < -0.39 is 6.29 Å². The Morgan fingerprint density at radius 3 is 3.17 bits per heavy atom. The van der Waals surface area contributed by atoms with Crippen LogP contribution in [0.2, 0.25) is 0 Å². The van der Waals surface area contributed by atoms with Crippen molar-refractivity contribution in [1.82, 2.24) is 4.98 Å². The second-order valence-corrected chi connectivity index (χ2v) is 4.31. The smallest absolute Gasteiger partial charge is 0.188 e. The summed E-state index contributed by atoms with van der Waals surface area (Å²) < 4.78 is 11.2. The van der Waals surface area contributed by atoms with Gasteiger partial charge in [0.25, 0.3) is 0 Å². The zero-order valence-electron chi connectivity index (χ0n) is 10.8. The molecule has 98 valence electrons. The van der Waals surface area contributed by atoms with Crippen LogP contribution >= 0.6 is 0 Å². The molecule has 1 aliphatic rings. The van der Waals surface area contributed by atoms with Crippen molar-refractivity contribution in [2.24, 2.45) is 0 Å². The lowest BCUT2D eigenvalue weighted by Gasteiger charge is -2.13. The van der Waals surface area contributed by atoms with Gasteiger partial charge in [0.2, 0.25) is 0 Å². The summed E-state index contributed by atoms with van der Waals surface area (Å²) in [5, 5.41) is 9.99. The Hall–Kier alpha value is -1.39. The Bertz CT molecular complexity index is 443. The zero-order chi connectivity index (χ0) is 13.0. The van der Waals surface area contributed by atoms with Crippen molar-refractivity contribution in [1.29, 1.82) is 0 Å². The molecule has 0 amide bonds. The molecule has 0 radical (unpaired) electrons. The fourth-order valence-corrected chi connectivity index (χ4v) is 1.94. The van der Waals surface area contributed by atoms with Crippen LogP contribution in [-0.4, -0.2) is 16.7 Å². The molecule has 1 aromatic rings. The number of ether oxygens (including phenoxy) is 2. The lowest BCUT2D eigenvalue weighted by Crippen LogP contribution is -2.04. The van der Waals surface area contributed by atoms with E-state index in [-0.39, 0.29) is 5.75 Å². The van der Waals surface area contributed by atoms with Crippen molar-refractivity contribution in [3.63, 3.8) is 0 Å². The minimum Gasteiger partial charge on any atom is -0.506 e. The molecule has 1 aromatic heterocycles. The third-order valence-corrected chi connectivity index (χ3v) is 2.94. The second kappa shape index (κ2) is 5.98. The molecular weight excluding hydrogens is 230 g/mol.